The van der Waals surface area contributed by atoms with Crippen LogP contribution in [0.1, 0.15) is 5.56 Å². The third-order valence-corrected chi connectivity index (χ3v) is 2.17. The fourth-order valence-electron chi connectivity index (χ4n) is 1.30. The summed E-state index contributed by atoms with van der Waals surface area (Å²) in [6, 6.07) is 9.29. The minimum atomic E-state index is -1.18. The summed E-state index contributed by atoms with van der Waals surface area (Å²) in [5.74, 6) is -0.503. The molecule has 1 atom stereocenters. The molecule has 1 rings (SSSR count). The highest BCUT2D eigenvalue weighted by molar-refractivity contribution is 5.92. The minimum absolute atomic E-state index is 0.503. The smallest absolute Gasteiger partial charge is 0.273 e. The number of nitrogens with zero attached hydrogens (tertiary/aromatic N) is 1. The number of carbonyl (C=O) groups is 1. The summed E-state index contributed by atoms with van der Waals surface area (Å²) in [4.78, 5) is 27.1. The Morgan fingerprint density at radius 3 is 2.50 bits per heavy atom. The molecule has 0 aliphatic rings. The molecule has 0 saturated carbocycles. The summed E-state index contributed by atoms with van der Waals surface area (Å²) in [6.07, 6.45) is 3.29. The summed E-state index contributed by atoms with van der Waals surface area (Å²) in [5.41, 5.74) is 0.867. The Kier molecular flexibility index (Phi) is 5.76. The highest BCUT2D eigenvalue weighted by Gasteiger charge is 2.22. The average Bonchev–Trinajstić information content (AvgIpc) is 2.43. The van der Waals surface area contributed by atoms with Gasteiger partial charge in [0.2, 0.25) is 6.23 Å². The number of hydrogen-bond donors (Lipinski definition) is 0. The van der Waals surface area contributed by atoms with Gasteiger partial charge in [-0.05, 0) is 11.6 Å². The Bertz CT molecular complexity index is 416. The van der Waals surface area contributed by atoms with Crippen LogP contribution in [-0.4, -0.2) is 37.7 Å². The van der Waals surface area contributed by atoms with Crippen LogP contribution < -0.4 is 0 Å². The molecule has 0 aliphatic carbocycles. The maximum atomic E-state index is 11.8. The van der Waals surface area contributed by atoms with E-state index in [1.807, 2.05) is 30.3 Å². The Labute approximate surface area is 106 Å². The van der Waals surface area contributed by atoms with Crippen LogP contribution in [0.4, 0.5) is 0 Å². The molecular weight excluding hydrogens is 234 g/mol. The first-order valence-electron chi connectivity index (χ1n) is 5.23. The molecular formula is C13H14NO4. The van der Waals surface area contributed by atoms with E-state index in [-0.39, 0.29) is 0 Å². The van der Waals surface area contributed by atoms with Crippen molar-refractivity contribution in [1.29, 1.82) is 0 Å². The first-order chi connectivity index (χ1) is 8.72. The van der Waals surface area contributed by atoms with Gasteiger partial charge in [0.25, 0.3) is 12.2 Å². The molecule has 0 aliphatic heterocycles. The second-order valence-electron chi connectivity index (χ2n) is 3.30. The van der Waals surface area contributed by atoms with Crippen LogP contribution in [0.3, 0.4) is 0 Å². The van der Waals surface area contributed by atoms with Gasteiger partial charge in [0, 0.05) is 13.2 Å². The molecule has 0 fully saturated rings. The fourth-order valence-corrected chi connectivity index (χ4v) is 1.30. The summed E-state index contributed by atoms with van der Waals surface area (Å²) < 4.78 is 4.75. The molecule has 0 aromatic heterocycles. The monoisotopic (exact) mass is 248 g/mol. The zero-order chi connectivity index (χ0) is 13.4. The van der Waals surface area contributed by atoms with Crippen LogP contribution in [0.5, 0.6) is 0 Å². The third kappa shape index (κ3) is 3.80. The van der Waals surface area contributed by atoms with Gasteiger partial charge in [-0.15, -0.1) is 0 Å². The van der Waals surface area contributed by atoms with Crippen LogP contribution in [0.2, 0.25) is 0 Å². The second-order valence-corrected chi connectivity index (χ2v) is 3.30. The number of amides is 1. The second kappa shape index (κ2) is 7.37. The first kappa shape index (κ1) is 14.1. The standard InChI is InChI=1S/C13H14NO4/c1-17-13(10-15)14(18-2)12(16)9-8-11-6-4-3-5-7-11/h3-9,13H,1-2H3. The molecule has 0 saturated heterocycles. The Balaban J connectivity index is 2.74. The van der Waals surface area contributed by atoms with E-state index in [2.05, 4.69) is 0 Å². The van der Waals surface area contributed by atoms with Gasteiger partial charge in [-0.1, -0.05) is 30.3 Å². The molecule has 5 nitrogen and oxygen atoms in total. The number of hydrogen-bond acceptors (Lipinski definition) is 4. The molecule has 18 heavy (non-hydrogen) atoms. The zero-order valence-corrected chi connectivity index (χ0v) is 10.2. The molecule has 95 valence electrons. The van der Waals surface area contributed by atoms with Gasteiger partial charge >= 0.3 is 0 Å². The number of hydroxylamine groups is 2. The van der Waals surface area contributed by atoms with Crippen LogP contribution in [0, 0.1) is 0 Å². The summed E-state index contributed by atoms with van der Waals surface area (Å²) in [5, 5.41) is 0.798. The Morgan fingerprint density at radius 1 is 1.33 bits per heavy atom. The molecule has 1 radical (unpaired) electrons. The number of ether oxygens (including phenoxy) is 1. The van der Waals surface area contributed by atoms with Crippen molar-refractivity contribution in [2.24, 2.45) is 0 Å². The van der Waals surface area contributed by atoms with Crippen molar-refractivity contribution in [3.05, 3.63) is 42.0 Å². The maximum Gasteiger partial charge on any atom is 0.273 e. The van der Waals surface area contributed by atoms with E-state index >= 15 is 0 Å². The van der Waals surface area contributed by atoms with Crippen molar-refractivity contribution in [1.82, 2.24) is 5.06 Å². The van der Waals surface area contributed by atoms with Crippen molar-refractivity contribution in [3.8, 4) is 0 Å². The molecule has 0 spiro atoms. The first-order valence-corrected chi connectivity index (χ1v) is 5.23. The molecule has 0 N–H and O–H groups in total. The molecule has 0 bridgehead atoms. The molecule has 1 aromatic rings. The van der Waals surface area contributed by atoms with Crippen molar-refractivity contribution in [3.63, 3.8) is 0 Å². The van der Waals surface area contributed by atoms with Crippen LogP contribution in [0.25, 0.3) is 6.08 Å². The van der Waals surface area contributed by atoms with Gasteiger partial charge in [0.1, 0.15) is 0 Å². The Hall–Kier alpha value is -1.98. The topological polar surface area (TPSA) is 55.8 Å². The van der Waals surface area contributed by atoms with E-state index in [9.17, 15) is 9.59 Å². The van der Waals surface area contributed by atoms with Gasteiger partial charge in [-0.3, -0.25) is 14.4 Å². The summed E-state index contributed by atoms with van der Waals surface area (Å²) >= 11 is 0. The van der Waals surface area contributed by atoms with Crippen LogP contribution >= 0.6 is 0 Å². The lowest BCUT2D eigenvalue weighted by atomic mass is 10.2. The van der Waals surface area contributed by atoms with Crippen molar-refractivity contribution in [2.75, 3.05) is 14.2 Å². The van der Waals surface area contributed by atoms with E-state index in [4.69, 9.17) is 9.57 Å². The lowest BCUT2D eigenvalue weighted by Crippen LogP contribution is -2.40. The largest absolute Gasteiger partial charge is 0.352 e. The zero-order valence-electron chi connectivity index (χ0n) is 10.2. The maximum absolute atomic E-state index is 11.8. The lowest BCUT2D eigenvalue weighted by molar-refractivity contribution is -0.205. The summed E-state index contributed by atoms with van der Waals surface area (Å²) in [7, 11) is 2.56. The van der Waals surface area contributed by atoms with Crippen molar-refractivity contribution >= 4 is 18.3 Å². The van der Waals surface area contributed by atoms with E-state index in [1.54, 1.807) is 12.4 Å². The minimum Gasteiger partial charge on any atom is -0.352 e. The van der Waals surface area contributed by atoms with Gasteiger partial charge in [0.05, 0.1) is 7.11 Å². The van der Waals surface area contributed by atoms with E-state index in [0.29, 0.717) is 0 Å². The summed E-state index contributed by atoms with van der Waals surface area (Å²) in [6.45, 7) is 0. The molecule has 1 unspecified atom stereocenters. The van der Waals surface area contributed by atoms with Crippen molar-refractivity contribution < 1.29 is 19.2 Å². The number of carbonyl (C=O) groups excluding carboxylic acids is 2. The van der Waals surface area contributed by atoms with Gasteiger partial charge in [0.15, 0.2) is 0 Å². The van der Waals surface area contributed by atoms with Crippen molar-refractivity contribution in [2.45, 2.75) is 6.23 Å². The van der Waals surface area contributed by atoms with E-state index < -0.39 is 12.1 Å². The van der Waals surface area contributed by atoms with Gasteiger partial charge < -0.3 is 4.74 Å². The highest BCUT2D eigenvalue weighted by atomic mass is 16.7. The SMILES string of the molecule is COC([C]=O)N(OC)C(=O)C=Cc1ccccc1. The molecule has 1 aromatic carbocycles. The van der Waals surface area contributed by atoms with Crippen LogP contribution in [0.15, 0.2) is 36.4 Å². The number of benzene rings is 1. The predicted octanol–water partition coefficient (Wildman–Crippen LogP) is 1.17. The van der Waals surface area contributed by atoms with Crippen LogP contribution in [-0.2, 0) is 19.2 Å². The highest BCUT2D eigenvalue weighted by Crippen LogP contribution is 2.04. The number of methoxy groups -OCH3 is 1. The normalized spacial score (nSPS) is 12.3. The van der Waals surface area contributed by atoms with Gasteiger partial charge in [-0.2, -0.15) is 5.06 Å². The predicted molar refractivity (Wildman–Crippen MR) is 65.8 cm³/mol. The average molecular weight is 248 g/mol. The van der Waals surface area contributed by atoms with E-state index in [0.717, 1.165) is 10.6 Å². The fraction of sp³-hybridized carbons (Fsp3) is 0.231. The third-order valence-electron chi connectivity index (χ3n) is 2.17. The van der Waals surface area contributed by atoms with Gasteiger partial charge in [-0.25, -0.2) is 0 Å². The molecule has 0 heterocycles. The lowest BCUT2D eigenvalue weighted by Gasteiger charge is -2.21. The van der Waals surface area contributed by atoms with E-state index in [1.165, 1.54) is 20.3 Å². The number of rotatable bonds is 6. The Morgan fingerprint density at radius 2 is 2.00 bits per heavy atom. The quantitative estimate of drug-likeness (QED) is 0.431. The molecule has 1 amide bonds. The molecule has 5 heteroatoms.